The van der Waals surface area contributed by atoms with Crippen LogP contribution < -0.4 is 10.1 Å². The van der Waals surface area contributed by atoms with E-state index in [2.05, 4.69) is 5.32 Å². The lowest BCUT2D eigenvalue weighted by Crippen LogP contribution is -2.54. The predicted octanol–water partition coefficient (Wildman–Crippen LogP) is 5.06. The zero-order valence-electron chi connectivity index (χ0n) is 24.0. The Morgan fingerprint density at radius 3 is 2.29 bits per heavy atom. The summed E-state index contributed by atoms with van der Waals surface area (Å²) in [6, 6.07) is 21.8. The molecule has 1 N–H and O–H groups in total. The van der Waals surface area contributed by atoms with E-state index in [4.69, 9.17) is 16.3 Å². The summed E-state index contributed by atoms with van der Waals surface area (Å²) in [7, 11) is -1.06. The fourth-order valence-electron chi connectivity index (χ4n) is 5.22. The Morgan fingerprint density at radius 1 is 0.952 bits per heavy atom. The molecule has 0 aromatic heterocycles. The van der Waals surface area contributed by atoms with Crippen LogP contribution in [0.3, 0.4) is 0 Å². The summed E-state index contributed by atoms with van der Waals surface area (Å²) >= 11 is 5.95. The van der Waals surface area contributed by atoms with Gasteiger partial charge in [0.2, 0.25) is 21.8 Å². The van der Waals surface area contributed by atoms with Crippen LogP contribution in [0.15, 0.2) is 83.8 Å². The molecule has 1 fully saturated rings. The summed E-state index contributed by atoms with van der Waals surface area (Å²) < 4.78 is 33.0. The highest BCUT2D eigenvalue weighted by Crippen LogP contribution is 2.22. The molecule has 0 bridgehead atoms. The van der Waals surface area contributed by atoms with Gasteiger partial charge in [-0.1, -0.05) is 73.3 Å². The Bertz CT molecular complexity index is 1440. The number of ether oxygens (including phenoxy) is 1. The second-order valence-corrected chi connectivity index (χ2v) is 13.1. The zero-order chi connectivity index (χ0) is 30.1. The van der Waals surface area contributed by atoms with Gasteiger partial charge in [-0.25, -0.2) is 8.42 Å². The fraction of sp³-hybridized carbons (Fsp3) is 0.375. The lowest BCUT2D eigenvalue weighted by molar-refractivity contribution is -0.141. The number of nitrogens with one attached hydrogen (secondary N) is 1. The molecule has 1 atom stereocenters. The van der Waals surface area contributed by atoms with Crippen LogP contribution in [-0.2, 0) is 32.6 Å². The van der Waals surface area contributed by atoms with E-state index in [1.807, 2.05) is 48.5 Å². The van der Waals surface area contributed by atoms with Gasteiger partial charge in [-0.15, -0.1) is 0 Å². The van der Waals surface area contributed by atoms with E-state index in [1.165, 1.54) is 36.2 Å². The maximum atomic E-state index is 14.1. The lowest BCUT2D eigenvalue weighted by Gasteiger charge is -2.34. The van der Waals surface area contributed by atoms with Crippen LogP contribution in [0.1, 0.15) is 43.2 Å². The van der Waals surface area contributed by atoms with Gasteiger partial charge in [-0.05, 0) is 60.4 Å². The zero-order valence-corrected chi connectivity index (χ0v) is 25.6. The first-order valence-electron chi connectivity index (χ1n) is 14.2. The summed E-state index contributed by atoms with van der Waals surface area (Å²) in [5, 5.41) is 3.60. The Labute approximate surface area is 253 Å². The van der Waals surface area contributed by atoms with Crippen molar-refractivity contribution in [3.8, 4) is 5.75 Å². The molecule has 1 aliphatic carbocycles. The molecule has 1 aliphatic rings. The Balaban J connectivity index is 1.67. The van der Waals surface area contributed by atoms with Gasteiger partial charge in [0.1, 0.15) is 11.8 Å². The monoisotopic (exact) mass is 611 g/mol. The lowest BCUT2D eigenvalue weighted by atomic mass is 9.94. The number of methoxy groups -OCH3 is 1. The minimum atomic E-state index is -3.99. The number of rotatable bonds is 12. The van der Waals surface area contributed by atoms with E-state index in [1.54, 1.807) is 13.2 Å². The Morgan fingerprint density at radius 2 is 1.62 bits per heavy atom. The van der Waals surface area contributed by atoms with Crippen molar-refractivity contribution in [2.45, 2.75) is 62.0 Å². The van der Waals surface area contributed by atoms with Crippen molar-refractivity contribution in [2.75, 3.05) is 20.7 Å². The van der Waals surface area contributed by atoms with Crippen molar-refractivity contribution in [1.82, 2.24) is 14.5 Å². The van der Waals surface area contributed by atoms with E-state index < -0.39 is 28.5 Å². The fourth-order valence-corrected chi connectivity index (χ4v) is 6.46. The van der Waals surface area contributed by atoms with Crippen molar-refractivity contribution in [3.63, 3.8) is 0 Å². The van der Waals surface area contributed by atoms with Crippen LogP contribution in [0.2, 0.25) is 5.02 Å². The molecule has 0 spiro atoms. The molecule has 8 nitrogen and oxygen atoms in total. The third-order valence-electron chi connectivity index (χ3n) is 7.59. The van der Waals surface area contributed by atoms with Gasteiger partial charge < -0.3 is 15.0 Å². The molecule has 1 saturated carbocycles. The number of amides is 2. The van der Waals surface area contributed by atoms with Gasteiger partial charge in [0.05, 0.1) is 18.6 Å². The van der Waals surface area contributed by atoms with E-state index in [9.17, 15) is 18.0 Å². The second-order valence-electron chi connectivity index (χ2n) is 10.6. The molecular formula is C32H38ClN3O5S. The molecule has 42 heavy (non-hydrogen) atoms. The largest absolute Gasteiger partial charge is 0.497 e. The van der Waals surface area contributed by atoms with Crippen molar-refractivity contribution in [2.24, 2.45) is 0 Å². The number of sulfonamides is 1. The van der Waals surface area contributed by atoms with Gasteiger partial charge in [0.15, 0.2) is 0 Å². The van der Waals surface area contributed by atoms with Crippen LogP contribution in [-0.4, -0.2) is 62.2 Å². The molecule has 0 saturated heterocycles. The number of carbonyl (C=O) groups excluding carboxylic acids is 2. The normalized spacial score (nSPS) is 14.8. The Kier molecular flexibility index (Phi) is 11.0. The third kappa shape index (κ3) is 8.33. The SMILES string of the molecule is COc1cccc(CN(C(=O)CN(C)S(=O)(=O)c2ccc(Cl)cc2)[C@@H](Cc2ccccc2)C(=O)NC2CCCCC2)c1. The van der Waals surface area contributed by atoms with Crippen LogP contribution in [0.4, 0.5) is 0 Å². The van der Waals surface area contributed by atoms with E-state index in [0.29, 0.717) is 10.8 Å². The minimum Gasteiger partial charge on any atom is -0.497 e. The van der Waals surface area contributed by atoms with Crippen molar-refractivity contribution in [3.05, 3.63) is 95.0 Å². The molecule has 10 heteroatoms. The van der Waals surface area contributed by atoms with Crippen LogP contribution in [0, 0.1) is 0 Å². The average Bonchev–Trinajstić information content (AvgIpc) is 3.00. The highest BCUT2D eigenvalue weighted by molar-refractivity contribution is 7.89. The molecule has 0 heterocycles. The highest BCUT2D eigenvalue weighted by Gasteiger charge is 2.34. The standard InChI is InChI=1S/C32H38ClN3O5S/c1-35(42(39,40)29-18-16-26(33)17-19-29)23-31(37)36(22-25-12-9-15-28(20-25)41-2)30(21-24-10-5-3-6-11-24)32(38)34-27-13-7-4-8-14-27/h3,5-6,9-12,15-20,27,30H,4,7-8,13-14,21-23H2,1-2H3,(H,34,38)/t30-/m0/s1. The first kappa shape index (κ1) is 31.5. The number of nitrogens with zero attached hydrogens (tertiary/aromatic N) is 2. The number of likely N-dealkylation sites (N-methyl/N-ethyl adjacent to an activating group) is 1. The number of benzene rings is 3. The third-order valence-corrected chi connectivity index (χ3v) is 9.66. The number of halogens is 1. The Hall–Kier alpha value is -3.40. The quantitative estimate of drug-likeness (QED) is 0.309. The van der Waals surface area contributed by atoms with Gasteiger partial charge in [0, 0.05) is 31.1 Å². The van der Waals surface area contributed by atoms with Crippen molar-refractivity contribution in [1.29, 1.82) is 0 Å². The van der Waals surface area contributed by atoms with Gasteiger partial charge >= 0.3 is 0 Å². The number of hydrogen-bond donors (Lipinski definition) is 1. The van der Waals surface area contributed by atoms with Crippen LogP contribution >= 0.6 is 11.6 Å². The smallest absolute Gasteiger partial charge is 0.243 e. The number of hydrogen-bond acceptors (Lipinski definition) is 5. The molecule has 224 valence electrons. The molecule has 2 amide bonds. The first-order chi connectivity index (χ1) is 20.2. The topological polar surface area (TPSA) is 96.0 Å². The molecular weight excluding hydrogens is 574 g/mol. The molecule has 0 radical (unpaired) electrons. The maximum Gasteiger partial charge on any atom is 0.243 e. The van der Waals surface area contributed by atoms with E-state index in [0.717, 1.165) is 47.5 Å². The van der Waals surface area contributed by atoms with Gasteiger partial charge in [-0.2, -0.15) is 4.31 Å². The highest BCUT2D eigenvalue weighted by atomic mass is 35.5. The van der Waals surface area contributed by atoms with E-state index in [-0.39, 0.29) is 29.8 Å². The minimum absolute atomic E-state index is 0.0254. The summed E-state index contributed by atoms with van der Waals surface area (Å²) in [6.45, 7) is -0.350. The summed E-state index contributed by atoms with van der Waals surface area (Å²) in [4.78, 5) is 29.5. The van der Waals surface area contributed by atoms with Gasteiger partial charge in [0.25, 0.3) is 0 Å². The summed E-state index contributed by atoms with van der Waals surface area (Å²) in [5.41, 5.74) is 1.65. The average molecular weight is 612 g/mol. The van der Waals surface area contributed by atoms with E-state index >= 15 is 0 Å². The van der Waals surface area contributed by atoms with Crippen molar-refractivity contribution < 1.29 is 22.7 Å². The summed E-state index contributed by atoms with van der Waals surface area (Å²) in [6.07, 6.45) is 5.32. The molecule has 0 aliphatic heterocycles. The molecule has 3 aromatic rings. The first-order valence-corrected chi connectivity index (χ1v) is 16.0. The van der Waals surface area contributed by atoms with Gasteiger partial charge in [-0.3, -0.25) is 9.59 Å². The maximum absolute atomic E-state index is 14.1. The predicted molar refractivity (Wildman–Crippen MR) is 164 cm³/mol. The molecule has 4 rings (SSSR count). The second kappa shape index (κ2) is 14.7. The number of carbonyl (C=O) groups is 2. The van der Waals surface area contributed by atoms with Crippen molar-refractivity contribution >= 4 is 33.4 Å². The molecule has 0 unspecified atom stereocenters. The molecule has 3 aromatic carbocycles. The van der Waals surface area contributed by atoms with Crippen LogP contribution in [0.5, 0.6) is 5.75 Å². The summed E-state index contributed by atoms with van der Waals surface area (Å²) in [5.74, 6) is -0.114. The van der Waals surface area contributed by atoms with Crippen LogP contribution in [0.25, 0.3) is 0 Å².